The van der Waals surface area contributed by atoms with Crippen LogP contribution in [0.15, 0.2) is 12.2 Å². The molecule has 0 amide bonds. The molecule has 1 aliphatic rings. The van der Waals surface area contributed by atoms with E-state index in [1.165, 1.54) is 5.69 Å². The van der Waals surface area contributed by atoms with Gasteiger partial charge in [0.2, 0.25) is 0 Å². The van der Waals surface area contributed by atoms with Crippen LogP contribution in [-0.4, -0.2) is 9.55 Å². The zero-order chi connectivity index (χ0) is 8.55. The van der Waals surface area contributed by atoms with Crippen LogP contribution in [0.3, 0.4) is 0 Å². The molecule has 2 nitrogen and oxygen atoms in total. The number of halogens is 1. The molecule has 1 heterocycles. The van der Waals surface area contributed by atoms with E-state index in [1.54, 1.807) is 0 Å². The molecule has 0 spiro atoms. The van der Waals surface area contributed by atoms with Gasteiger partial charge in [-0.2, -0.15) is 0 Å². The molecule has 0 radical (unpaired) electrons. The minimum absolute atomic E-state index is 0. The van der Waals surface area contributed by atoms with Crippen LogP contribution in [0, 0.1) is 6.92 Å². The van der Waals surface area contributed by atoms with Gasteiger partial charge in [0.05, 0.1) is 11.4 Å². The highest BCUT2D eigenvalue weighted by Crippen LogP contribution is 2.16. The third-order valence-electron chi connectivity index (χ3n) is 2.22. The minimum Gasteiger partial charge on any atom is -0.331 e. The van der Waals surface area contributed by atoms with Crippen molar-refractivity contribution in [2.75, 3.05) is 0 Å². The highest BCUT2D eigenvalue weighted by atomic mass is 127. The molecule has 0 N–H and O–H groups in total. The summed E-state index contributed by atoms with van der Waals surface area (Å²) in [5.41, 5.74) is 2.30. The second kappa shape index (κ2) is 4.09. The van der Waals surface area contributed by atoms with Crippen molar-refractivity contribution < 1.29 is 0 Å². The van der Waals surface area contributed by atoms with E-state index in [-0.39, 0.29) is 24.0 Å². The van der Waals surface area contributed by atoms with Crippen LogP contribution < -0.4 is 0 Å². The van der Waals surface area contributed by atoms with Crippen molar-refractivity contribution in [2.45, 2.75) is 13.3 Å². The van der Waals surface area contributed by atoms with Gasteiger partial charge in [-0.1, -0.05) is 12.2 Å². The lowest BCUT2D eigenvalue weighted by Crippen LogP contribution is -1.93. The van der Waals surface area contributed by atoms with Gasteiger partial charge >= 0.3 is 0 Å². The molecule has 1 aromatic heterocycles. The lowest BCUT2D eigenvalue weighted by Gasteiger charge is -1.96. The van der Waals surface area contributed by atoms with E-state index < -0.39 is 0 Å². The SMILES string of the molecule is Cc1nc2c(n1C)C=CCC=C2.I. The van der Waals surface area contributed by atoms with E-state index in [9.17, 15) is 0 Å². The summed E-state index contributed by atoms with van der Waals surface area (Å²) in [6.07, 6.45) is 9.52. The first kappa shape index (κ1) is 10.5. The molecule has 0 unspecified atom stereocenters. The molecular weight excluding hydrogens is 275 g/mol. The Bertz CT molecular complexity index is 361. The Morgan fingerprint density at radius 1 is 1.31 bits per heavy atom. The molecule has 2 rings (SSSR count). The van der Waals surface area contributed by atoms with Gasteiger partial charge in [0.25, 0.3) is 0 Å². The number of hydrogen-bond donors (Lipinski definition) is 0. The zero-order valence-electron chi connectivity index (χ0n) is 7.82. The molecule has 1 aliphatic carbocycles. The van der Waals surface area contributed by atoms with Gasteiger partial charge in [0.15, 0.2) is 0 Å². The molecule has 3 heteroatoms. The lowest BCUT2D eigenvalue weighted by molar-refractivity contribution is 0.849. The summed E-state index contributed by atoms with van der Waals surface area (Å²) in [4.78, 5) is 4.44. The quantitative estimate of drug-likeness (QED) is 0.671. The van der Waals surface area contributed by atoms with Crippen LogP contribution in [0.5, 0.6) is 0 Å². The summed E-state index contributed by atoms with van der Waals surface area (Å²) in [6, 6.07) is 0. The van der Waals surface area contributed by atoms with Gasteiger partial charge < -0.3 is 4.57 Å². The van der Waals surface area contributed by atoms with Gasteiger partial charge in [0, 0.05) is 7.05 Å². The third-order valence-corrected chi connectivity index (χ3v) is 2.22. The van der Waals surface area contributed by atoms with Crippen molar-refractivity contribution in [1.29, 1.82) is 0 Å². The predicted molar refractivity (Wildman–Crippen MR) is 66.0 cm³/mol. The topological polar surface area (TPSA) is 17.8 Å². The van der Waals surface area contributed by atoms with Gasteiger partial charge in [-0.3, -0.25) is 0 Å². The van der Waals surface area contributed by atoms with Crippen LogP contribution in [-0.2, 0) is 7.05 Å². The van der Waals surface area contributed by atoms with Crippen LogP contribution >= 0.6 is 24.0 Å². The lowest BCUT2D eigenvalue weighted by atomic mass is 10.3. The van der Waals surface area contributed by atoms with Gasteiger partial charge in [0.1, 0.15) is 5.82 Å². The number of aryl methyl sites for hydroxylation is 1. The Balaban J connectivity index is 0.000000845. The maximum Gasteiger partial charge on any atom is 0.106 e. The molecule has 1 aromatic rings. The van der Waals surface area contributed by atoms with E-state index in [0.717, 1.165) is 17.9 Å². The van der Waals surface area contributed by atoms with Gasteiger partial charge in [-0.05, 0) is 25.5 Å². The number of imidazole rings is 1. The number of aromatic nitrogens is 2. The summed E-state index contributed by atoms with van der Waals surface area (Å²) in [6.45, 7) is 2.02. The second-order valence-electron chi connectivity index (χ2n) is 3.03. The summed E-state index contributed by atoms with van der Waals surface area (Å²) in [5, 5.41) is 0. The molecule has 0 atom stereocenters. The first-order chi connectivity index (χ1) is 5.79. The summed E-state index contributed by atoms with van der Waals surface area (Å²) >= 11 is 0. The average molecular weight is 288 g/mol. The van der Waals surface area contributed by atoms with E-state index in [0.29, 0.717) is 0 Å². The van der Waals surface area contributed by atoms with Crippen LogP contribution in [0.2, 0.25) is 0 Å². The Hall–Kier alpha value is -0.580. The summed E-state index contributed by atoms with van der Waals surface area (Å²) < 4.78 is 2.11. The van der Waals surface area contributed by atoms with Crippen LogP contribution in [0.4, 0.5) is 0 Å². The number of nitrogens with zero attached hydrogens (tertiary/aromatic N) is 2. The van der Waals surface area contributed by atoms with E-state index in [1.807, 2.05) is 14.0 Å². The van der Waals surface area contributed by atoms with Gasteiger partial charge in [-0.15, -0.1) is 24.0 Å². The van der Waals surface area contributed by atoms with Crippen molar-refractivity contribution in [3.63, 3.8) is 0 Å². The predicted octanol–water partition coefficient (Wildman–Crippen LogP) is 2.78. The van der Waals surface area contributed by atoms with Gasteiger partial charge in [-0.25, -0.2) is 4.98 Å². The van der Waals surface area contributed by atoms with E-state index >= 15 is 0 Å². The summed E-state index contributed by atoms with van der Waals surface area (Å²) in [7, 11) is 2.05. The molecule has 70 valence electrons. The zero-order valence-corrected chi connectivity index (χ0v) is 10.1. The van der Waals surface area contributed by atoms with E-state index in [2.05, 4.69) is 33.9 Å². The number of fused-ring (bicyclic) bond motifs is 1. The fourth-order valence-corrected chi connectivity index (χ4v) is 1.41. The van der Waals surface area contributed by atoms with Crippen molar-refractivity contribution in [3.05, 3.63) is 29.4 Å². The smallest absolute Gasteiger partial charge is 0.106 e. The van der Waals surface area contributed by atoms with Crippen molar-refractivity contribution in [2.24, 2.45) is 7.05 Å². The minimum atomic E-state index is 0. The van der Waals surface area contributed by atoms with Crippen LogP contribution in [0.25, 0.3) is 12.2 Å². The molecule has 0 fully saturated rings. The maximum atomic E-state index is 4.44. The Kier molecular flexibility index (Phi) is 3.30. The fraction of sp³-hybridized carbons (Fsp3) is 0.300. The number of hydrogen-bond acceptors (Lipinski definition) is 1. The van der Waals surface area contributed by atoms with Crippen molar-refractivity contribution in [1.82, 2.24) is 9.55 Å². The molecule has 0 saturated carbocycles. The molecule has 0 aromatic carbocycles. The van der Waals surface area contributed by atoms with Crippen molar-refractivity contribution in [3.8, 4) is 0 Å². The Labute approximate surface area is 95.4 Å². The third kappa shape index (κ3) is 1.85. The highest BCUT2D eigenvalue weighted by Gasteiger charge is 2.07. The Morgan fingerprint density at radius 3 is 2.77 bits per heavy atom. The summed E-state index contributed by atoms with van der Waals surface area (Å²) in [5.74, 6) is 1.07. The first-order valence-electron chi connectivity index (χ1n) is 4.15. The standard InChI is InChI=1S/C10H12N2.HI/c1-8-11-9-6-4-3-5-7-10(9)12(8)2;/h4-7H,3H2,1-2H3;1H. The molecule has 13 heavy (non-hydrogen) atoms. The second-order valence-corrected chi connectivity index (χ2v) is 3.03. The normalized spacial score (nSPS) is 13.4. The largest absolute Gasteiger partial charge is 0.331 e. The molecule has 0 aliphatic heterocycles. The van der Waals surface area contributed by atoms with E-state index in [4.69, 9.17) is 0 Å². The Morgan fingerprint density at radius 2 is 2.00 bits per heavy atom. The molecular formula is C10H13IN2. The monoisotopic (exact) mass is 288 g/mol. The van der Waals surface area contributed by atoms with Crippen molar-refractivity contribution >= 4 is 36.1 Å². The maximum absolute atomic E-state index is 4.44. The molecule has 0 bridgehead atoms. The first-order valence-corrected chi connectivity index (χ1v) is 4.15. The highest BCUT2D eigenvalue weighted by molar-refractivity contribution is 14.0. The van der Waals surface area contributed by atoms with Crippen LogP contribution in [0.1, 0.15) is 23.6 Å². The fourth-order valence-electron chi connectivity index (χ4n) is 1.41. The average Bonchev–Trinajstić information content (AvgIpc) is 2.30. The molecule has 0 saturated heterocycles. The number of allylic oxidation sites excluding steroid dienone is 2. The number of rotatable bonds is 0.